The average molecular weight is 332 g/mol. The van der Waals surface area contributed by atoms with E-state index in [1.807, 2.05) is 19.1 Å². The monoisotopic (exact) mass is 331 g/mol. The maximum Gasteiger partial charge on any atom is 0.255 e. The second-order valence-corrected chi connectivity index (χ2v) is 5.47. The highest BCUT2D eigenvalue weighted by Crippen LogP contribution is 2.18. The summed E-state index contributed by atoms with van der Waals surface area (Å²) >= 11 is 3.36. The zero-order chi connectivity index (χ0) is 14.7. The summed E-state index contributed by atoms with van der Waals surface area (Å²) in [6.07, 6.45) is 0. The Hall–Kier alpha value is -1.94. The number of aryl methyl sites for hydroxylation is 1. The molecular formula is C16H14BrNO2. The maximum absolute atomic E-state index is 12.3. The highest BCUT2D eigenvalue weighted by molar-refractivity contribution is 9.10. The lowest BCUT2D eigenvalue weighted by molar-refractivity contribution is 0.101. The number of Topliss-reactive ketones (excluding diaryl/α,β-unsaturated/α-hetero) is 1. The van der Waals surface area contributed by atoms with Crippen LogP contribution in [0.3, 0.4) is 0 Å². The van der Waals surface area contributed by atoms with Crippen LogP contribution in [0, 0.1) is 6.92 Å². The number of carbonyl (C=O) groups excluding carboxylic acids is 2. The highest BCUT2D eigenvalue weighted by Gasteiger charge is 2.10. The van der Waals surface area contributed by atoms with E-state index in [0.717, 1.165) is 10.0 Å². The molecule has 3 nitrogen and oxygen atoms in total. The van der Waals surface area contributed by atoms with Crippen LogP contribution in [-0.2, 0) is 0 Å². The smallest absolute Gasteiger partial charge is 0.255 e. The van der Waals surface area contributed by atoms with Crippen LogP contribution in [-0.4, -0.2) is 11.7 Å². The molecule has 2 rings (SSSR count). The Morgan fingerprint density at radius 3 is 2.55 bits per heavy atom. The summed E-state index contributed by atoms with van der Waals surface area (Å²) < 4.78 is 0.853. The standard InChI is InChI=1S/C16H14BrNO2/c1-10-6-7-13(17)9-15(10)16(20)18-14-5-3-4-12(8-14)11(2)19/h3-9H,1-2H3,(H,18,20). The molecular weight excluding hydrogens is 318 g/mol. The first-order chi connectivity index (χ1) is 9.47. The van der Waals surface area contributed by atoms with Crippen LogP contribution >= 0.6 is 15.9 Å². The third kappa shape index (κ3) is 3.33. The third-order valence-corrected chi connectivity index (χ3v) is 3.46. The van der Waals surface area contributed by atoms with Gasteiger partial charge in [-0.15, -0.1) is 0 Å². The first kappa shape index (κ1) is 14.5. The van der Waals surface area contributed by atoms with E-state index in [9.17, 15) is 9.59 Å². The van der Waals surface area contributed by atoms with Gasteiger partial charge in [-0.25, -0.2) is 0 Å². The first-order valence-corrected chi connectivity index (χ1v) is 6.95. The molecule has 4 heteroatoms. The molecule has 1 N–H and O–H groups in total. The van der Waals surface area contributed by atoms with E-state index in [0.29, 0.717) is 16.8 Å². The highest BCUT2D eigenvalue weighted by atomic mass is 79.9. The molecule has 0 atom stereocenters. The number of benzene rings is 2. The molecule has 0 radical (unpaired) electrons. The number of hydrogen-bond donors (Lipinski definition) is 1. The van der Waals surface area contributed by atoms with Gasteiger partial charge in [-0.3, -0.25) is 9.59 Å². The van der Waals surface area contributed by atoms with Crippen molar-refractivity contribution in [3.05, 3.63) is 63.6 Å². The molecule has 102 valence electrons. The largest absolute Gasteiger partial charge is 0.322 e. The molecule has 0 bridgehead atoms. The molecule has 20 heavy (non-hydrogen) atoms. The number of rotatable bonds is 3. The average Bonchev–Trinajstić information content (AvgIpc) is 2.41. The summed E-state index contributed by atoms with van der Waals surface area (Å²) in [6.45, 7) is 3.38. The Bertz CT molecular complexity index is 680. The van der Waals surface area contributed by atoms with Gasteiger partial charge in [0.1, 0.15) is 0 Å². The summed E-state index contributed by atoms with van der Waals surface area (Å²) in [7, 11) is 0. The molecule has 0 saturated carbocycles. The molecule has 1 amide bonds. The normalized spacial score (nSPS) is 10.2. The minimum atomic E-state index is -0.190. The lowest BCUT2D eigenvalue weighted by Crippen LogP contribution is -2.13. The van der Waals surface area contributed by atoms with Gasteiger partial charge in [0.2, 0.25) is 0 Å². The Labute approximate surface area is 126 Å². The van der Waals surface area contributed by atoms with E-state index in [2.05, 4.69) is 21.2 Å². The number of hydrogen-bond acceptors (Lipinski definition) is 2. The molecule has 0 saturated heterocycles. The molecule has 0 spiro atoms. The minimum Gasteiger partial charge on any atom is -0.322 e. The summed E-state index contributed by atoms with van der Waals surface area (Å²) in [5.41, 5.74) is 2.69. The van der Waals surface area contributed by atoms with Crippen molar-refractivity contribution in [2.24, 2.45) is 0 Å². The van der Waals surface area contributed by atoms with Gasteiger partial charge in [0.25, 0.3) is 5.91 Å². The fourth-order valence-corrected chi connectivity index (χ4v) is 2.21. The zero-order valence-corrected chi connectivity index (χ0v) is 12.8. The van der Waals surface area contributed by atoms with Gasteiger partial charge in [0.15, 0.2) is 5.78 Å². The van der Waals surface area contributed by atoms with Crippen LogP contribution in [0.4, 0.5) is 5.69 Å². The Morgan fingerprint density at radius 2 is 1.85 bits per heavy atom. The quantitative estimate of drug-likeness (QED) is 0.856. The van der Waals surface area contributed by atoms with Crippen LogP contribution < -0.4 is 5.32 Å². The van der Waals surface area contributed by atoms with Crippen LogP contribution in [0.15, 0.2) is 46.9 Å². The maximum atomic E-state index is 12.3. The van der Waals surface area contributed by atoms with Crippen molar-refractivity contribution in [1.29, 1.82) is 0 Å². The van der Waals surface area contributed by atoms with Crippen LogP contribution in [0.2, 0.25) is 0 Å². The van der Waals surface area contributed by atoms with Gasteiger partial charge in [-0.2, -0.15) is 0 Å². The van der Waals surface area contributed by atoms with Gasteiger partial charge >= 0.3 is 0 Å². The van der Waals surface area contributed by atoms with Crippen molar-refractivity contribution in [2.75, 3.05) is 5.32 Å². The van der Waals surface area contributed by atoms with E-state index in [4.69, 9.17) is 0 Å². The lowest BCUT2D eigenvalue weighted by atomic mass is 10.1. The Balaban J connectivity index is 2.25. The van der Waals surface area contributed by atoms with Crippen molar-refractivity contribution < 1.29 is 9.59 Å². The lowest BCUT2D eigenvalue weighted by Gasteiger charge is -2.09. The number of nitrogens with one attached hydrogen (secondary N) is 1. The minimum absolute atomic E-state index is 0.0280. The molecule has 0 fully saturated rings. The number of anilines is 1. The summed E-state index contributed by atoms with van der Waals surface area (Å²) in [6, 6.07) is 12.5. The van der Waals surface area contributed by atoms with E-state index < -0.39 is 0 Å². The van der Waals surface area contributed by atoms with Crippen LogP contribution in [0.1, 0.15) is 33.2 Å². The summed E-state index contributed by atoms with van der Waals surface area (Å²) in [5, 5.41) is 2.81. The second kappa shape index (κ2) is 6.01. The third-order valence-electron chi connectivity index (χ3n) is 2.97. The predicted octanol–water partition coefficient (Wildman–Crippen LogP) is 4.21. The molecule has 0 aliphatic carbocycles. The molecule has 0 aliphatic rings. The number of amides is 1. The van der Waals surface area contributed by atoms with Crippen LogP contribution in [0.25, 0.3) is 0 Å². The van der Waals surface area contributed by atoms with E-state index in [1.165, 1.54) is 6.92 Å². The second-order valence-electron chi connectivity index (χ2n) is 4.55. The topological polar surface area (TPSA) is 46.2 Å². The molecule has 0 aliphatic heterocycles. The molecule has 2 aromatic rings. The van der Waals surface area contributed by atoms with Gasteiger partial charge in [0, 0.05) is 21.3 Å². The zero-order valence-electron chi connectivity index (χ0n) is 11.2. The molecule has 2 aromatic carbocycles. The number of halogens is 1. The van der Waals surface area contributed by atoms with E-state index in [1.54, 1.807) is 30.3 Å². The van der Waals surface area contributed by atoms with Crippen molar-refractivity contribution in [2.45, 2.75) is 13.8 Å². The van der Waals surface area contributed by atoms with Crippen molar-refractivity contribution in [3.8, 4) is 0 Å². The summed E-state index contributed by atoms with van der Waals surface area (Å²) in [5.74, 6) is -0.218. The molecule has 0 aromatic heterocycles. The summed E-state index contributed by atoms with van der Waals surface area (Å²) in [4.78, 5) is 23.6. The predicted molar refractivity (Wildman–Crippen MR) is 83.3 cm³/mol. The Kier molecular flexibility index (Phi) is 4.35. The van der Waals surface area contributed by atoms with Gasteiger partial charge in [-0.05, 0) is 43.7 Å². The van der Waals surface area contributed by atoms with E-state index >= 15 is 0 Å². The Morgan fingerprint density at radius 1 is 1.10 bits per heavy atom. The molecule has 0 heterocycles. The van der Waals surface area contributed by atoms with E-state index in [-0.39, 0.29) is 11.7 Å². The number of ketones is 1. The van der Waals surface area contributed by atoms with Gasteiger partial charge in [-0.1, -0.05) is 34.1 Å². The fourth-order valence-electron chi connectivity index (χ4n) is 1.85. The van der Waals surface area contributed by atoms with Gasteiger partial charge in [0.05, 0.1) is 0 Å². The van der Waals surface area contributed by atoms with Gasteiger partial charge < -0.3 is 5.32 Å². The molecule has 0 unspecified atom stereocenters. The SMILES string of the molecule is CC(=O)c1cccc(NC(=O)c2cc(Br)ccc2C)c1. The number of carbonyl (C=O) groups is 2. The van der Waals surface area contributed by atoms with Crippen LogP contribution in [0.5, 0.6) is 0 Å². The fraction of sp³-hybridized carbons (Fsp3) is 0.125. The van der Waals surface area contributed by atoms with Crippen molar-refractivity contribution in [1.82, 2.24) is 0 Å². The first-order valence-electron chi connectivity index (χ1n) is 6.16. The van der Waals surface area contributed by atoms with Crippen molar-refractivity contribution in [3.63, 3.8) is 0 Å². The van der Waals surface area contributed by atoms with Crippen molar-refractivity contribution >= 4 is 33.3 Å².